The van der Waals surface area contributed by atoms with Crippen LogP contribution < -0.4 is 4.74 Å². The number of benzene rings is 1. The zero-order valence-corrected chi connectivity index (χ0v) is 21.7. The highest BCUT2D eigenvalue weighted by molar-refractivity contribution is 5.62. The third-order valence-corrected chi connectivity index (χ3v) is 11.7. The van der Waals surface area contributed by atoms with Crippen LogP contribution in [0.5, 0.6) is 11.5 Å². The first kappa shape index (κ1) is 21.9. The van der Waals surface area contributed by atoms with E-state index in [1.54, 1.807) is 0 Å². The van der Waals surface area contributed by atoms with E-state index in [9.17, 15) is 5.11 Å². The molecule has 3 heterocycles. The largest absolute Gasteiger partial charge is 0.504 e. The molecule has 0 amide bonds. The molecule has 0 aromatic heterocycles. The number of aromatic hydroxyl groups is 1. The number of ether oxygens (including phenoxy) is 3. The highest BCUT2D eigenvalue weighted by atomic mass is 16.7. The van der Waals surface area contributed by atoms with Crippen molar-refractivity contribution in [2.45, 2.75) is 102 Å². The summed E-state index contributed by atoms with van der Waals surface area (Å²) in [6.07, 6.45) is 5.81. The lowest BCUT2D eigenvalue weighted by molar-refractivity contribution is -0.362. The van der Waals surface area contributed by atoms with Crippen LogP contribution in [-0.4, -0.2) is 53.2 Å². The molecule has 4 fully saturated rings. The molecule has 0 radical (unpaired) electrons. The van der Waals surface area contributed by atoms with E-state index >= 15 is 0 Å². The molecule has 186 valence electrons. The summed E-state index contributed by atoms with van der Waals surface area (Å²) in [5, 5.41) is 11.0. The van der Waals surface area contributed by atoms with Crippen LogP contribution in [0.4, 0.5) is 0 Å². The monoisotopic (exact) mass is 467 g/mol. The van der Waals surface area contributed by atoms with E-state index < -0.39 is 5.60 Å². The third-order valence-electron chi connectivity index (χ3n) is 11.7. The van der Waals surface area contributed by atoms with Crippen LogP contribution in [0, 0.1) is 22.7 Å². The number of piperidine rings is 1. The molecule has 6 aliphatic rings. The number of likely N-dealkylation sites (tertiary alicyclic amines) is 1. The van der Waals surface area contributed by atoms with Crippen molar-refractivity contribution in [3.05, 3.63) is 23.3 Å². The first-order valence-corrected chi connectivity index (χ1v) is 13.5. The number of rotatable bonds is 2. The summed E-state index contributed by atoms with van der Waals surface area (Å²) < 4.78 is 20.1. The molecule has 7 atom stereocenters. The van der Waals surface area contributed by atoms with E-state index in [1.165, 1.54) is 30.5 Å². The SMILES string of the molecule is CC(C)(C)[C@@]1(C)OCO[C@]2(C)C1C[C@]1(C)[C@H]3Cc4ccc(O)c5c4[C@@]1(CCN3CC1CC1)[C@H]2O5. The van der Waals surface area contributed by atoms with Gasteiger partial charge in [0.15, 0.2) is 11.5 Å². The molecule has 3 aliphatic heterocycles. The lowest BCUT2D eigenvalue weighted by Crippen LogP contribution is -2.80. The molecule has 5 heteroatoms. The first-order valence-electron chi connectivity index (χ1n) is 13.5. The Morgan fingerprint density at radius 3 is 2.59 bits per heavy atom. The minimum atomic E-state index is -0.483. The molecule has 1 N–H and O–H groups in total. The molecule has 1 aromatic carbocycles. The smallest absolute Gasteiger partial charge is 0.165 e. The van der Waals surface area contributed by atoms with Crippen LogP contribution in [0.25, 0.3) is 0 Å². The van der Waals surface area contributed by atoms with Gasteiger partial charge in [-0.1, -0.05) is 33.8 Å². The van der Waals surface area contributed by atoms with Gasteiger partial charge in [-0.05, 0) is 80.9 Å². The van der Waals surface area contributed by atoms with E-state index in [1.807, 2.05) is 6.07 Å². The minimum absolute atomic E-state index is 0.0254. The summed E-state index contributed by atoms with van der Waals surface area (Å²) >= 11 is 0. The third kappa shape index (κ3) is 2.33. The Bertz CT molecular complexity index is 1060. The molecule has 2 bridgehead atoms. The van der Waals surface area contributed by atoms with E-state index in [0.717, 1.165) is 37.5 Å². The van der Waals surface area contributed by atoms with E-state index in [-0.39, 0.29) is 39.6 Å². The van der Waals surface area contributed by atoms with Gasteiger partial charge in [-0.15, -0.1) is 0 Å². The van der Waals surface area contributed by atoms with Gasteiger partial charge >= 0.3 is 0 Å². The standard InChI is InChI=1S/C29H41NO4/c1-25(2,3)28(6)20-14-26(4)21-13-18-9-10-19(31)23-22(18)29(26,11-12-30(21)15-17-7-8-17)24(34-23)27(20,5)32-16-33-28/h9-10,17,20-21,24,31H,7-8,11-16H2,1-6H3/t20?,21-,24+,26-,27-,28+,29+/m1/s1. The fourth-order valence-corrected chi connectivity index (χ4v) is 9.23. The average Bonchev–Trinajstić information content (AvgIpc) is 3.49. The van der Waals surface area contributed by atoms with Crippen molar-refractivity contribution in [3.8, 4) is 11.5 Å². The van der Waals surface area contributed by atoms with Crippen molar-refractivity contribution < 1.29 is 19.3 Å². The predicted molar refractivity (Wildman–Crippen MR) is 130 cm³/mol. The molecular formula is C29H41NO4. The van der Waals surface area contributed by atoms with Crippen LogP contribution in [-0.2, 0) is 21.3 Å². The Morgan fingerprint density at radius 2 is 1.88 bits per heavy atom. The van der Waals surface area contributed by atoms with Gasteiger partial charge in [0.1, 0.15) is 18.5 Å². The van der Waals surface area contributed by atoms with Gasteiger partial charge in [0.25, 0.3) is 0 Å². The van der Waals surface area contributed by atoms with Crippen LogP contribution in [0.3, 0.4) is 0 Å². The molecule has 1 spiro atoms. The van der Waals surface area contributed by atoms with Gasteiger partial charge in [-0.3, -0.25) is 4.90 Å². The second kappa shape index (κ2) is 6.33. The summed E-state index contributed by atoms with van der Waals surface area (Å²) in [6, 6.07) is 4.51. The van der Waals surface area contributed by atoms with Gasteiger partial charge in [-0.2, -0.15) is 0 Å². The number of hydrogen-bond acceptors (Lipinski definition) is 5. The van der Waals surface area contributed by atoms with Crippen molar-refractivity contribution >= 4 is 0 Å². The lowest BCUT2D eigenvalue weighted by atomic mass is 9.38. The number of phenolic OH excluding ortho intramolecular Hbond substituents is 1. The summed E-state index contributed by atoms with van der Waals surface area (Å²) in [5.41, 5.74) is 1.71. The summed E-state index contributed by atoms with van der Waals surface area (Å²) in [6.45, 7) is 16.7. The fraction of sp³-hybridized carbons (Fsp3) is 0.793. The second-order valence-electron chi connectivity index (χ2n) is 13.9. The van der Waals surface area contributed by atoms with E-state index in [2.05, 4.69) is 52.5 Å². The van der Waals surface area contributed by atoms with E-state index in [0.29, 0.717) is 12.8 Å². The molecule has 7 rings (SSSR count). The summed E-state index contributed by atoms with van der Waals surface area (Å²) in [4.78, 5) is 2.83. The van der Waals surface area contributed by atoms with Gasteiger partial charge in [0, 0.05) is 29.5 Å². The number of hydrogen-bond donors (Lipinski definition) is 1. The van der Waals surface area contributed by atoms with Gasteiger partial charge in [0.05, 0.1) is 5.60 Å². The molecule has 34 heavy (non-hydrogen) atoms. The molecule has 1 unspecified atom stereocenters. The van der Waals surface area contributed by atoms with Crippen molar-refractivity contribution in [3.63, 3.8) is 0 Å². The maximum absolute atomic E-state index is 11.0. The molecule has 5 nitrogen and oxygen atoms in total. The van der Waals surface area contributed by atoms with Crippen LogP contribution >= 0.6 is 0 Å². The van der Waals surface area contributed by atoms with Crippen molar-refractivity contribution in [1.82, 2.24) is 4.90 Å². The highest BCUT2D eigenvalue weighted by Crippen LogP contribution is 2.74. The Kier molecular flexibility index (Phi) is 4.08. The summed E-state index contributed by atoms with van der Waals surface area (Å²) in [5.74, 6) is 2.09. The maximum atomic E-state index is 11.0. The number of nitrogens with zero attached hydrogens (tertiary/aromatic N) is 1. The maximum Gasteiger partial charge on any atom is 0.165 e. The predicted octanol–water partition coefficient (Wildman–Crippen LogP) is 5.03. The van der Waals surface area contributed by atoms with E-state index in [4.69, 9.17) is 14.2 Å². The van der Waals surface area contributed by atoms with Crippen molar-refractivity contribution in [2.24, 2.45) is 22.7 Å². The second-order valence-corrected chi connectivity index (χ2v) is 13.9. The van der Waals surface area contributed by atoms with Gasteiger partial charge in [-0.25, -0.2) is 0 Å². The van der Waals surface area contributed by atoms with Crippen molar-refractivity contribution in [1.29, 1.82) is 0 Å². The summed E-state index contributed by atoms with van der Waals surface area (Å²) in [7, 11) is 0. The highest BCUT2D eigenvalue weighted by Gasteiger charge is 2.78. The van der Waals surface area contributed by atoms with Gasteiger partial charge < -0.3 is 19.3 Å². The quantitative estimate of drug-likeness (QED) is 0.662. The van der Waals surface area contributed by atoms with Crippen molar-refractivity contribution in [2.75, 3.05) is 19.9 Å². The molecule has 1 aromatic rings. The number of fused-ring (bicyclic) bond motifs is 2. The Hall–Kier alpha value is -1.30. The Balaban J connectivity index is 1.46. The first-order chi connectivity index (χ1) is 16.0. The van der Waals surface area contributed by atoms with Gasteiger partial charge in [0.2, 0.25) is 0 Å². The Labute approximate surface area is 204 Å². The molecule has 2 saturated heterocycles. The Morgan fingerprint density at radius 1 is 1.12 bits per heavy atom. The molecular weight excluding hydrogens is 426 g/mol. The van der Waals surface area contributed by atoms with Crippen LogP contribution in [0.2, 0.25) is 0 Å². The zero-order chi connectivity index (χ0) is 23.9. The average molecular weight is 468 g/mol. The number of phenols is 1. The fourth-order valence-electron chi connectivity index (χ4n) is 9.23. The molecule has 3 aliphatic carbocycles. The minimum Gasteiger partial charge on any atom is -0.504 e. The topological polar surface area (TPSA) is 51.2 Å². The van der Waals surface area contributed by atoms with Crippen LogP contribution in [0.1, 0.15) is 78.4 Å². The van der Waals surface area contributed by atoms with Crippen LogP contribution in [0.15, 0.2) is 12.1 Å². The molecule has 2 saturated carbocycles. The normalized spacial score (nSPS) is 47.1. The zero-order valence-electron chi connectivity index (χ0n) is 21.7. The lowest BCUT2D eigenvalue weighted by Gasteiger charge is -2.72.